The smallest absolute Gasteiger partial charge is 0.243 e. The summed E-state index contributed by atoms with van der Waals surface area (Å²) in [6.45, 7) is 2.45. The lowest BCUT2D eigenvalue weighted by Gasteiger charge is -2.15. The number of aliphatic hydroxyl groups is 1. The molecule has 0 saturated carbocycles. The number of hydrogen-bond acceptors (Lipinski definition) is 6. The number of benzene rings is 1. The zero-order valence-electron chi connectivity index (χ0n) is 14.5. The summed E-state index contributed by atoms with van der Waals surface area (Å²) in [6.07, 6.45) is 4.64. The van der Waals surface area contributed by atoms with E-state index >= 15 is 0 Å². The van der Waals surface area contributed by atoms with Gasteiger partial charge in [0.15, 0.2) is 0 Å². The molecule has 2 N–H and O–H groups in total. The first-order valence-electron chi connectivity index (χ1n) is 8.36. The second kappa shape index (κ2) is 7.53. The highest BCUT2D eigenvalue weighted by atomic mass is 32.2. The number of hydrogen-bond donors (Lipinski definition) is 2. The van der Waals surface area contributed by atoms with Crippen molar-refractivity contribution >= 4 is 21.9 Å². The molecule has 1 saturated heterocycles. The molecule has 0 bridgehead atoms. The number of aliphatic hydroxyl groups excluding tert-OH is 1. The number of aryl methyl sites for hydroxylation is 1. The average Bonchev–Trinajstić information content (AvgIpc) is 3.19. The van der Waals surface area contributed by atoms with Crippen LogP contribution in [0.1, 0.15) is 29.7 Å². The van der Waals surface area contributed by atoms with Gasteiger partial charge in [-0.1, -0.05) is 6.07 Å². The number of aliphatic imine (C=N–C) groups is 1. The highest BCUT2D eigenvalue weighted by molar-refractivity contribution is 7.89. The van der Waals surface area contributed by atoms with Crippen LogP contribution < -0.4 is 0 Å². The highest BCUT2D eigenvalue weighted by Crippen LogP contribution is 2.26. The first kappa shape index (κ1) is 18.5. The fraction of sp³-hybridized carbons (Fsp3) is 0.333. The molecule has 138 valence electrons. The van der Waals surface area contributed by atoms with Gasteiger partial charge in [0.05, 0.1) is 22.9 Å². The Morgan fingerprint density at radius 3 is 2.73 bits per heavy atom. The van der Waals surface area contributed by atoms with Crippen molar-refractivity contribution in [3.05, 3.63) is 47.3 Å². The minimum absolute atomic E-state index is 0.0545. The van der Waals surface area contributed by atoms with Crippen molar-refractivity contribution in [1.82, 2.24) is 9.29 Å². The molecule has 1 aliphatic rings. The molecule has 2 heterocycles. The van der Waals surface area contributed by atoms with Crippen LogP contribution in [0, 0.1) is 6.92 Å². The third-order valence-electron chi connectivity index (χ3n) is 4.39. The van der Waals surface area contributed by atoms with Crippen LogP contribution in [0.4, 0.5) is 5.69 Å². The Morgan fingerprint density at radius 1 is 1.31 bits per heavy atom. The maximum atomic E-state index is 12.7. The Bertz CT molecular complexity index is 935. The van der Waals surface area contributed by atoms with Crippen LogP contribution in [0.25, 0.3) is 0 Å². The maximum Gasteiger partial charge on any atom is 0.243 e. The van der Waals surface area contributed by atoms with Crippen LogP contribution in [0.15, 0.2) is 40.4 Å². The van der Waals surface area contributed by atoms with E-state index in [1.807, 2.05) is 0 Å². The topological polar surface area (TPSA) is 103 Å². The summed E-state index contributed by atoms with van der Waals surface area (Å²) < 4.78 is 26.8. The van der Waals surface area contributed by atoms with E-state index in [0.29, 0.717) is 35.6 Å². The SMILES string of the molecule is Cc1ncc(CO)c(C=Nc2cccc(S(=O)(=O)N3CCCC3)c2)c1O. The Labute approximate surface area is 152 Å². The number of rotatable bonds is 5. The van der Waals surface area contributed by atoms with Gasteiger partial charge in [-0.25, -0.2) is 8.42 Å². The van der Waals surface area contributed by atoms with E-state index in [9.17, 15) is 18.6 Å². The summed E-state index contributed by atoms with van der Waals surface area (Å²) in [5, 5.41) is 19.6. The maximum absolute atomic E-state index is 12.7. The van der Waals surface area contributed by atoms with Crippen LogP contribution >= 0.6 is 0 Å². The molecular formula is C18H21N3O4S. The van der Waals surface area contributed by atoms with E-state index in [2.05, 4.69) is 9.98 Å². The minimum atomic E-state index is -3.51. The summed E-state index contributed by atoms with van der Waals surface area (Å²) in [5.74, 6) is -0.0545. The number of pyridine rings is 1. The summed E-state index contributed by atoms with van der Waals surface area (Å²) in [5.41, 5.74) is 1.68. The molecule has 0 radical (unpaired) electrons. The van der Waals surface area contributed by atoms with Crippen molar-refractivity contribution in [2.75, 3.05) is 13.1 Å². The number of nitrogens with zero attached hydrogens (tertiary/aromatic N) is 3. The highest BCUT2D eigenvalue weighted by Gasteiger charge is 2.27. The molecule has 3 rings (SSSR count). The molecule has 0 unspecified atom stereocenters. The molecule has 0 spiro atoms. The Morgan fingerprint density at radius 2 is 2.04 bits per heavy atom. The van der Waals surface area contributed by atoms with Gasteiger partial charge in [0.1, 0.15) is 5.75 Å². The number of aromatic nitrogens is 1. The van der Waals surface area contributed by atoms with Gasteiger partial charge in [0.25, 0.3) is 0 Å². The van der Waals surface area contributed by atoms with Crippen molar-refractivity contribution in [2.24, 2.45) is 4.99 Å². The molecule has 1 aromatic carbocycles. The van der Waals surface area contributed by atoms with Gasteiger partial charge in [0, 0.05) is 36.6 Å². The first-order chi connectivity index (χ1) is 12.4. The fourth-order valence-electron chi connectivity index (χ4n) is 2.86. The lowest BCUT2D eigenvalue weighted by Crippen LogP contribution is -2.27. The molecule has 8 heteroatoms. The Hall–Kier alpha value is -2.29. The van der Waals surface area contributed by atoms with Gasteiger partial charge in [-0.2, -0.15) is 4.31 Å². The zero-order chi connectivity index (χ0) is 18.7. The predicted octanol–water partition coefficient (Wildman–Crippen LogP) is 2.12. The summed E-state index contributed by atoms with van der Waals surface area (Å²) in [6, 6.07) is 6.39. The van der Waals surface area contributed by atoms with Crippen molar-refractivity contribution in [2.45, 2.75) is 31.3 Å². The second-order valence-corrected chi connectivity index (χ2v) is 8.09. The Balaban J connectivity index is 1.93. The van der Waals surface area contributed by atoms with Crippen LogP contribution in [0.2, 0.25) is 0 Å². The van der Waals surface area contributed by atoms with Gasteiger partial charge in [0.2, 0.25) is 10.0 Å². The zero-order valence-corrected chi connectivity index (χ0v) is 15.3. The molecule has 26 heavy (non-hydrogen) atoms. The summed E-state index contributed by atoms with van der Waals surface area (Å²) >= 11 is 0. The van der Waals surface area contributed by atoms with E-state index < -0.39 is 10.0 Å². The molecule has 0 aliphatic carbocycles. The van der Waals surface area contributed by atoms with Crippen molar-refractivity contribution in [3.8, 4) is 5.75 Å². The third-order valence-corrected chi connectivity index (χ3v) is 6.29. The van der Waals surface area contributed by atoms with Crippen molar-refractivity contribution in [1.29, 1.82) is 0 Å². The van der Waals surface area contributed by atoms with Crippen molar-refractivity contribution < 1.29 is 18.6 Å². The molecule has 1 fully saturated rings. The molecule has 1 aliphatic heterocycles. The van der Waals surface area contributed by atoms with Crippen LogP contribution in [0.3, 0.4) is 0 Å². The first-order valence-corrected chi connectivity index (χ1v) is 9.80. The number of aromatic hydroxyl groups is 1. The quantitative estimate of drug-likeness (QED) is 0.779. The van der Waals surface area contributed by atoms with Crippen LogP contribution in [-0.2, 0) is 16.6 Å². The average molecular weight is 375 g/mol. The molecule has 0 amide bonds. The van der Waals surface area contributed by atoms with Crippen LogP contribution in [-0.4, -0.2) is 47.2 Å². The van der Waals surface area contributed by atoms with E-state index in [4.69, 9.17) is 0 Å². The predicted molar refractivity (Wildman–Crippen MR) is 98.3 cm³/mol. The molecule has 2 aromatic rings. The summed E-state index contributed by atoms with van der Waals surface area (Å²) in [7, 11) is -3.51. The third kappa shape index (κ3) is 3.62. The van der Waals surface area contributed by atoms with Gasteiger partial charge < -0.3 is 10.2 Å². The monoisotopic (exact) mass is 375 g/mol. The van der Waals surface area contributed by atoms with E-state index in [0.717, 1.165) is 12.8 Å². The second-order valence-electron chi connectivity index (χ2n) is 6.16. The fourth-order valence-corrected chi connectivity index (χ4v) is 4.42. The Kier molecular flexibility index (Phi) is 5.36. The van der Waals surface area contributed by atoms with Gasteiger partial charge >= 0.3 is 0 Å². The lowest BCUT2D eigenvalue weighted by atomic mass is 10.1. The van der Waals surface area contributed by atoms with E-state index in [1.165, 1.54) is 22.8 Å². The minimum Gasteiger partial charge on any atom is -0.505 e. The van der Waals surface area contributed by atoms with E-state index in [-0.39, 0.29) is 17.3 Å². The standard InChI is InChI=1S/C18H21N3O4S/c1-13-18(23)17(14(12-22)10-19-13)11-20-15-5-4-6-16(9-15)26(24,25)21-7-2-3-8-21/h4-6,9-11,22-23H,2-3,7-8,12H2,1H3. The largest absolute Gasteiger partial charge is 0.505 e. The molecule has 0 atom stereocenters. The normalized spacial score (nSPS) is 15.8. The molecule has 7 nitrogen and oxygen atoms in total. The van der Waals surface area contributed by atoms with E-state index in [1.54, 1.807) is 25.1 Å². The summed E-state index contributed by atoms with van der Waals surface area (Å²) in [4.78, 5) is 8.48. The lowest BCUT2D eigenvalue weighted by molar-refractivity contribution is 0.280. The van der Waals surface area contributed by atoms with Crippen LogP contribution in [0.5, 0.6) is 5.75 Å². The number of sulfonamides is 1. The van der Waals surface area contributed by atoms with Gasteiger partial charge in [-0.3, -0.25) is 9.98 Å². The van der Waals surface area contributed by atoms with Gasteiger partial charge in [-0.05, 0) is 38.0 Å². The van der Waals surface area contributed by atoms with Gasteiger partial charge in [-0.15, -0.1) is 0 Å². The molecular weight excluding hydrogens is 354 g/mol. The molecule has 1 aromatic heterocycles. The van der Waals surface area contributed by atoms with Crippen molar-refractivity contribution in [3.63, 3.8) is 0 Å².